The predicted octanol–water partition coefficient (Wildman–Crippen LogP) is 3.82. The van der Waals surface area contributed by atoms with Crippen LogP contribution in [0.3, 0.4) is 0 Å². The summed E-state index contributed by atoms with van der Waals surface area (Å²) in [7, 11) is 0. The molecular formula is C36H50O12. The van der Waals surface area contributed by atoms with Gasteiger partial charge in [0, 0.05) is 55.6 Å². The van der Waals surface area contributed by atoms with Gasteiger partial charge in [-0.15, -0.1) is 0 Å². The van der Waals surface area contributed by atoms with E-state index >= 15 is 0 Å². The average Bonchev–Trinajstić information content (AvgIpc) is 3.33. The first-order chi connectivity index (χ1) is 22.3. The van der Waals surface area contributed by atoms with Crippen molar-refractivity contribution in [3.63, 3.8) is 0 Å². The van der Waals surface area contributed by atoms with Gasteiger partial charge in [-0.25, -0.2) is 9.59 Å². The van der Waals surface area contributed by atoms with E-state index in [1.165, 1.54) is 20.8 Å². The van der Waals surface area contributed by atoms with Gasteiger partial charge in [0.1, 0.15) is 41.5 Å². The zero-order chi connectivity index (χ0) is 35.8. The van der Waals surface area contributed by atoms with Crippen LogP contribution in [0.5, 0.6) is 0 Å². The van der Waals surface area contributed by atoms with Crippen LogP contribution < -0.4 is 0 Å². The molecule has 0 aromatic heterocycles. The molecule has 0 spiro atoms. The molecule has 4 saturated carbocycles. The number of aliphatic hydroxyl groups is 1. The predicted molar refractivity (Wildman–Crippen MR) is 168 cm³/mol. The molecule has 48 heavy (non-hydrogen) atoms. The van der Waals surface area contributed by atoms with E-state index in [0.29, 0.717) is 17.6 Å². The SMILES string of the molecule is CC=C(C)C(=O)OC1C(C)C(OC(C)=O)C2C1C(OC(C)=O)C1(C)OC(O)C3(C(OC(=O)C(C)=CC)CC4C(C13)C4(C)C)C2OC(C)=O. The fourth-order valence-electron chi connectivity index (χ4n) is 10.1. The Morgan fingerprint density at radius 1 is 0.729 bits per heavy atom. The van der Waals surface area contributed by atoms with Gasteiger partial charge in [0.2, 0.25) is 0 Å². The number of hydrogen-bond acceptors (Lipinski definition) is 12. The van der Waals surface area contributed by atoms with Crippen molar-refractivity contribution >= 4 is 29.8 Å². The standard InChI is InChI=1S/C36H50O12/c1-12-15(3)31(40)46-22-14-21-25(34(21,9)10)28-35(11)29(44-19(7)38)23-24(30(45-20(8)39)36(22,28)33(42)48-35)26(43-18(6)37)17(5)27(23)47-32(41)16(4)13-2/h12-13,17,21-30,33,42H,14H2,1-11H3. The maximum atomic E-state index is 13.5. The molecule has 12 heteroatoms. The van der Waals surface area contributed by atoms with Crippen LogP contribution in [0.2, 0.25) is 0 Å². The average molecular weight is 675 g/mol. The summed E-state index contributed by atoms with van der Waals surface area (Å²) >= 11 is 0. The number of hydrogen-bond donors (Lipinski definition) is 1. The maximum absolute atomic E-state index is 13.5. The highest BCUT2D eigenvalue weighted by atomic mass is 16.7. The van der Waals surface area contributed by atoms with Gasteiger partial charge in [-0.3, -0.25) is 14.4 Å². The molecule has 12 nitrogen and oxygen atoms in total. The number of esters is 5. The first kappa shape index (κ1) is 36.0. The second-order valence-corrected chi connectivity index (χ2v) is 15.2. The fourth-order valence-corrected chi connectivity index (χ4v) is 10.1. The molecule has 1 aliphatic heterocycles. The molecule has 0 aromatic carbocycles. The Hall–Kier alpha value is -3.25. The number of allylic oxidation sites excluding steroid dienone is 2. The van der Waals surface area contributed by atoms with Crippen LogP contribution in [-0.2, 0) is 52.4 Å². The second-order valence-electron chi connectivity index (χ2n) is 15.2. The van der Waals surface area contributed by atoms with E-state index in [0.717, 1.165) is 0 Å². The maximum Gasteiger partial charge on any atom is 0.333 e. The smallest absolute Gasteiger partial charge is 0.333 e. The van der Waals surface area contributed by atoms with E-state index in [4.69, 9.17) is 28.4 Å². The zero-order valence-electron chi connectivity index (χ0n) is 29.7. The largest absolute Gasteiger partial charge is 0.462 e. The van der Waals surface area contributed by atoms with Crippen LogP contribution in [0, 0.1) is 46.3 Å². The Labute approximate surface area is 281 Å². The van der Waals surface area contributed by atoms with Crippen LogP contribution >= 0.6 is 0 Å². The molecule has 1 saturated heterocycles. The van der Waals surface area contributed by atoms with Gasteiger partial charge in [0.25, 0.3) is 0 Å². The molecule has 5 aliphatic rings. The Morgan fingerprint density at radius 3 is 1.73 bits per heavy atom. The van der Waals surface area contributed by atoms with Gasteiger partial charge in [-0.1, -0.05) is 32.9 Å². The number of fused-ring (bicyclic) bond motifs is 2. The molecule has 0 radical (unpaired) electrons. The van der Waals surface area contributed by atoms with Gasteiger partial charge < -0.3 is 33.5 Å². The van der Waals surface area contributed by atoms with Gasteiger partial charge in [0.15, 0.2) is 6.29 Å². The first-order valence-corrected chi connectivity index (χ1v) is 16.9. The fraction of sp³-hybridized carbons (Fsp3) is 0.750. The van der Waals surface area contributed by atoms with Crippen molar-refractivity contribution in [3.8, 4) is 0 Å². The van der Waals surface area contributed by atoms with Crippen LogP contribution in [0.25, 0.3) is 0 Å². The molecule has 0 aromatic rings. The number of carbonyl (C=O) groups is 5. The molecule has 1 N–H and O–H groups in total. The lowest BCUT2D eigenvalue weighted by molar-refractivity contribution is -0.266. The summed E-state index contributed by atoms with van der Waals surface area (Å²) < 4.78 is 37.6. The number of ether oxygens (including phenoxy) is 6. The molecule has 266 valence electrons. The summed E-state index contributed by atoms with van der Waals surface area (Å²) in [6, 6.07) is 0. The normalized spacial score (nSPS) is 43.8. The van der Waals surface area contributed by atoms with Crippen molar-refractivity contribution in [2.24, 2.45) is 46.3 Å². The summed E-state index contributed by atoms with van der Waals surface area (Å²) in [5, 5.41) is 12.3. The van der Waals surface area contributed by atoms with Crippen molar-refractivity contribution < 1.29 is 57.5 Å². The summed E-state index contributed by atoms with van der Waals surface area (Å²) in [5.41, 5.74) is -2.68. The van der Waals surface area contributed by atoms with Gasteiger partial charge in [0.05, 0.1) is 0 Å². The Morgan fingerprint density at radius 2 is 1.21 bits per heavy atom. The van der Waals surface area contributed by atoms with Crippen molar-refractivity contribution in [3.05, 3.63) is 23.3 Å². The zero-order valence-corrected chi connectivity index (χ0v) is 29.7. The van der Waals surface area contributed by atoms with Crippen LogP contribution in [0.15, 0.2) is 23.3 Å². The Balaban J connectivity index is 1.84. The van der Waals surface area contributed by atoms with Crippen LogP contribution in [0.1, 0.15) is 82.6 Å². The summed E-state index contributed by atoms with van der Waals surface area (Å²) in [6.45, 7) is 18.1. The third-order valence-electron chi connectivity index (χ3n) is 12.4. The molecular weight excluding hydrogens is 624 g/mol. The van der Waals surface area contributed by atoms with Gasteiger partial charge in [-0.2, -0.15) is 0 Å². The number of carbonyl (C=O) groups excluding carboxylic acids is 5. The summed E-state index contributed by atoms with van der Waals surface area (Å²) in [5.74, 6) is -6.56. The number of rotatable bonds is 7. The highest BCUT2D eigenvalue weighted by molar-refractivity contribution is 5.88. The van der Waals surface area contributed by atoms with Crippen molar-refractivity contribution in [1.82, 2.24) is 0 Å². The lowest BCUT2D eigenvalue weighted by atomic mass is 9.56. The van der Waals surface area contributed by atoms with Crippen molar-refractivity contribution in [2.45, 2.75) is 125 Å². The minimum Gasteiger partial charge on any atom is -0.462 e. The van der Waals surface area contributed by atoms with E-state index in [1.54, 1.807) is 53.7 Å². The number of aliphatic hydroxyl groups excluding tert-OH is 1. The van der Waals surface area contributed by atoms with Crippen molar-refractivity contribution in [2.75, 3.05) is 0 Å². The molecule has 14 atom stereocenters. The highest BCUT2D eigenvalue weighted by Crippen LogP contribution is 2.79. The lowest BCUT2D eigenvalue weighted by Gasteiger charge is -2.51. The minimum absolute atomic E-state index is 0.0237. The van der Waals surface area contributed by atoms with E-state index in [1.807, 2.05) is 0 Å². The molecule has 5 rings (SSSR count). The quantitative estimate of drug-likeness (QED) is 0.237. The molecule has 2 bridgehead atoms. The van der Waals surface area contributed by atoms with E-state index in [9.17, 15) is 29.1 Å². The van der Waals surface area contributed by atoms with Crippen LogP contribution in [0.4, 0.5) is 0 Å². The van der Waals surface area contributed by atoms with E-state index in [-0.39, 0.29) is 17.3 Å². The second kappa shape index (κ2) is 12.3. The highest BCUT2D eigenvalue weighted by Gasteiger charge is 2.87. The minimum atomic E-state index is -1.66. The summed E-state index contributed by atoms with van der Waals surface area (Å²) in [4.78, 5) is 65.8. The Bertz CT molecular complexity index is 1450. The molecule has 4 aliphatic carbocycles. The molecule has 14 unspecified atom stereocenters. The van der Waals surface area contributed by atoms with Gasteiger partial charge in [-0.05, 0) is 58.3 Å². The third-order valence-corrected chi connectivity index (χ3v) is 12.4. The molecule has 0 amide bonds. The Kier molecular flexibility index (Phi) is 9.21. The van der Waals surface area contributed by atoms with E-state index < -0.39 is 101 Å². The monoisotopic (exact) mass is 674 g/mol. The van der Waals surface area contributed by atoms with E-state index in [2.05, 4.69) is 13.8 Å². The topological polar surface area (TPSA) is 161 Å². The third kappa shape index (κ3) is 5.20. The van der Waals surface area contributed by atoms with Gasteiger partial charge >= 0.3 is 29.8 Å². The molecule has 5 fully saturated rings. The first-order valence-electron chi connectivity index (χ1n) is 16.9. The van der Waals surface area contributed by atoms with Crippen molar-refractivity contribution in [1.29, 1.82) is 0 Å². The molecule has 1 heterocycles. The summed E-state index contributed by atoms with van der Waals surface area (Å²) in [6.07, 6.45) is -3.59. The lowest BCUT2D eigenvalue weighted by Crippen LogP contribution is -2.63. The van der Waals surface area contributed by atoms with Crippen LogP contribution in [-0.4, -0.2) is 77.4 Å².